The van der Waals surface area contributed by atoms with Gasteiger partial charge in [-0.3, -0.25) is 9.59 Å². The molecular weight excluding hydrogens is 452 g/mol. The highest BCUT2D eigenvalue weighted by Crippen LogP contribution is 2.49. The molecule has 4 atom stereocenters. The fourth-order valence-electron chi connectivity index (χ4n) is 5.61. The SMILES string of the molecule is CC(C)(C(=O)O)C1CCC2CC(c3ccc(NC(=O)Nc4cccc(Cl)c4)cc3)CCC2C1=O. The van der Waals surface area contributed by atoms with Crippen molar-refractivity contribution >= 4 is 40.8 Å². The Morgan fingerprint density at radius 2 is 1.68 bits per heavy atom. The lowest BCUT2D eigenvalue weighted by Crippen LogP contribution is -2.46. The molecule has 3 N–H and O–H groups in total. The smallest absolute Gasteiger partial charge is 0.323 e. The van der Waals surface area contributed by atoms with Gasteiger partial charge in [0.05, 0.1) is 5.41 Å². The van der Waals surface area contributed by atoms with E-state index in [1.54, 1.807) is 38.1 Å². The molecule has 2 aromatic carbocycles. The quantitative estimate of drug-likeness (QED) is 0.448. The summed E-state index contributed by atoms with van der Waals surface area (Å²) in [7, 11) is 0. The van der Waals surface area contributed by atoms with E-state index < -0.39 is 17.3 Å². The molecule has 0 heterocycles. The zero-order valence-electron chi connectivity index (χ0n) is 19.5. The van der Waals surface area contributed by atoms with Gasteiger partial charge in [0.25, 0.3) is 0 Å². The number of hydrogen-bond donors (Lipinski definition) is 3. The topological polar surface area (TPSA) is 95.5 Å². The highest BCUT2D eigenvalue weighted by Gasteiger charge is 2.49. The molecule has 2 aliphatic carbocycles. The number of halogens is 1. The van der Waals surface area contributed by atoms with Crippen LogP contribution in [-0.4, -0.2) is 22.9 Å². The van der Waals surface area contributed by atoms with Crippen LogP contribution in [0.25, 0.3) is 0 Å². The van der Waals surface area contributed by atoms with Crippen LogP contribution in [0.3, 0.4) is 0 Å². The molecule has 2 fully saturated rings. The van der Waals surface area contributed by atoms with E-state index in [4.69, 9.17) is 11.6 Å². The van der Waals surface area contributed by atoms with Crippen molar-refractivity contribution in [2.45, 2.75) is 51.9 Å². The number of carboxylic acid groups (broad SMARTS) is 1. The van der Waals surface area contributed by atoms with Crippen LogP contribution >= 0.6 is 11.6 Å². The first-order valence-corrected chi connectivity index (χ1v) is 12.2. The molecule has 180 valence electrons. The third kappa shape index (κ3) is 5.12. The van der Waals surface area contributed by atoms with Gasteiger partial charge in [0.1, 0.15) is 5.78 Å². The first-order valence-electron chi connectivity index (χ1n) is 11.9. The van der Waals surface area contributed by atoms with Crippen molar-refractivity contribution < 1.29 is 19.5 Å². The molecule has 2 aromatic rings. The number of carbonyl (C=O) groups excluding carboxylic acids is 2. The minimum Gasteiger partial charge on any atom is -0.481 e. The van der Waals surface area contributed by atoms with Gasteiger partial charge in [-0.15, -0.1) is 0 Å². The second-order valence-electron chi connectivity index (χ2n) is 10.1. The molecule has 2 aliphatic rings. The Morgan fingerprint density at radius 3 is 2.35 bits per heavy atom. The van der Waals surface area contributed by atoms with Gasteiger partial charge in [-0.2, -0.15) is 0 Å². The molecule has 0 spiro atoms. The summed E-state index contributed by atoms with van der Waals surface area (Å²) in [4.78, 5) is 37.1. The number of carbonyl (C=O) groups is 3. The van der Waals surface area contributed by atoms with Crippen LogP contribution < -0.4 is 10.6 Å². The maximum atomic E-state index is 13.1. The number of urea groups is 1. The summed E-state index contributed by atoms with van der Waals surface area (Å²) in [5, 5.41) is 15.7. The Labute approximate surface area is 205 Å². The van der Waals surface area contributed by atoms with E-state index in [9.17, 15) is 19.5 Å². The molecule has 0 radical (unpaired) electrons. The normalized spacial score (nSPS) is 24.7. The van der Waals surface area contributed by atoms with Crippen LogP contribution in [0.5, 0.6) is 0 Å². The van der Waals surface area contributed by atoms with Gasteiger partial charge >= 0.3 is 12.0 Å². The van der Waals surface area contributed by atoms with Crippen molar-refractivity contribution in [2.75, 3.05) is 10.6 Å². The number of benzene rings is 2. The van der Waals surface area contributed by atoms with Crippen LogP contribution in [0.4, 0.5) is 16.2 Å². The van der Waals surface area contributed by atoms with E-state index in [1.165, 1.54) is 5.56 Å². The van der Waals surface area contributed by atoms with Crippen LogP contribution in [-0.2, 0) is 9.59 Å². The van der Waals surface area contributed by atoms with Crippen LogP contribution in [0.1, 0.15) is 57.4 Å². The predicted molar refractivity (Wildman–Crippen MR) is 133 cm³/mol. The summed E-state index contributed by atoms with van der Waals surface area (Å²) in [6.07, 6.45) is 4.21. The van der Waals surface area contributed by atoms with E-state index in [0.29, 0.717) is 34.7 Å². The van der Waals surface area contributed by atoms with Gasteiger partial charge < -0.3 is 15.7 Å². The molecule has 4 rings (SSSR count). The Kier molecular flexibility index (Phi) is 6.99. The molecule has 0 aliphatic heterocycles. The van der Waals surface area contributed by atoms with Crippen molar-refractivity contribution in [1.82, 2.24) is 0 Å². The molecule has 2 amide bonds. The molecule has 6 nitrogen and oxygen atoms in total. The number of hydrogen-bond acceptors (Lipinski definition) is 3. The third-order valence-electron chi connectivity index (χ3n) is 7.66. The van der Waals surface area contributed by atoms with Crippen molar-refractivity contribution in [3.05, 3.63) is 59.1 Å². The first kappa shape index (κ1) is 24.3. The third-order valence-corrected chi connectivity index (χ3v) is 7.90. The number of carboxylic acids is 1. The lowest BCUT2D eigenvalue weighted by Gasteiger charge is -2.44. The molecule has 4 unspecified atom stereocenters. The van der Waals surface area contributed by atoms with E-state index >= 15 is 0 Å². The summed E-state index contributed by atoms with van der Waals surface area (Å²) >= 11 is 5.96. The standard InChI is InChI=1S/C27H31ClN2O4/c1-27(2,25(32)33)23-13-9-18-14-17(8-12-22(18)24(23)31)16-6-10-20(11-7-16)29-26(34)30-21-5-3-4-19(28)15-21/h3-7,10-11,15,17-18,22-23H,8-9,12-14H2,1-2H3,(H,32,33)(H2,29,30,34). The molecule has 0 aromatic heterocycles. The highest BCUT2D eigenvalue weighted by molar-refractivity contribution is 6.30. The number of ketones is 1. The van der Waals surface area contributed by atoms with Gasteiger partial charge in [-0.25, -0.2) is 4.79 Å². The van der Waals surface area contributed by atoms with Gasteiger partial charge in [0, 0.05) is 28.2 Å². The molecular formula is C27H31ClN2O4. The summed E-state index contributed by atoms with van der Waals surface area (Å²) < 4.78 is 0. The van der Waals surface area contributed by atoms with Crippen LogP contribution in [0.2, 0.25) is 5.02 Å². The Morgan fingerprint density at radius 1 is 0.971 bits per heavy atom. The summed E-state index contributed by atoms with van der Waals surface area (Å²) in [6.45, 7) is 3.35. The number of nitrogens with one attached hydrogen (secondary N) is 2. The molecule has 34 heavy (non-hydrogen) atoms. The summed E-state index contributed by atoms with van der Waals surface area (Å²) in [5.41, 5.74) is 1.51. The fraction of sp³-hybridized carbons (Fsp3) is 0.444. The lowest BCUT2D eigenvalue weighted by molar-refractivity contribution is -0.157. The summed E-state index contributed by atoms with van der Waals surface area (Å²) in [5.74, 6) is -0.489. The van der Waals surface area contributed by atoms with E-state index in [2.05, 4.69) is 10.6 Å². The first-order chi connectivity index (χ1) is 16.1. The number of amides is 2. The van der Waals surface area contributed by atoms with Crippen molar-refractivity contribution in [3.8, 4) is 0 Å². The monoisotopic (exact) mass is 482 g/mol. The second-order valence-corrected chi connectivity index (χ2v) is 10.6. The average molecular weight is 483 g/mol. The molecule has 0 saturated heterocycles. The minimum atomic E-state index is -1.01. The number of aliphatic carboxylic acids is 1. The lowest BCUT2D eigenvalue weighted by atomic mass is 9.59. The Bertz CT molecular complexity index is 1080. The van der Waals surface area contributed by atoms with Gasteiger partial charge in [-0.1, -0.05) is 29.8 Å². The fourth-order valence-corrected chi connectivity index (χ4v) is 5.80. The maximum absolute atomic E-state index is 13.1. The second kappa shape index (κ2) is 9.79. The number of anilines is 2. The van der Waals surface area contributed by atoms with Crippen LogP contribution in [0.15, 0.2) is 48.5 Å². The van der Waals surface area contributed by atoms with Gasteiger partial charge in [-0.05, 0) is 93.7 Å². The van der Waals surface area contributed by atoms with Crippen molar-refractivity contribution in [3.63, 3.8) is 0 Å². The van der Waals surface area contributed by atoms with Crippen molar-refractivity contribution in [1.29, 1.82) is 0 Å². The van der Waals surface area contributed by atoms with Gasteiger partial charge in [0.2, 0.25) is 0 Å². The Balaban J connectivity index is 1.34. The highest BCUT2D eigenvalue weighted by atomic mass is 35.5. The Hall–Kier alpha value is -2.86. The van der Waals surface area contributed by atoms with Crippen molar-refractivity contribution in [2.24, 2.45) is 23.2 Å². The predicted octanol–water partition coefficient (Wildman–Crippen LogP) is 6.57. The molecule has 2 saturated carbocycles. The summed E-state index contributed by atoms with van der Waals surface area (Å²) in [6, 6.07) is 14.5. The van der Waals surface area contributed by atoms with E-state index in [0.717, 1.165) is 25.7 Å². The zero-order chi connectivity index (χ0) is 24.5. The molecule has 0 bridgehead atoms. The van der Waals surface area contributed by atoms with Crippen LogP contribution in [0, 0.1) is 23.2 Å². The van der Waals surface area contributed by atoms with E-state index in [-0.39, 0.29) is 17.7 Å². The minimum absolute atomic E-state index is 0.0234. The van der Waals surface area contributed by atoms with E-state index in [1.807, 2.05) is 24.3 Å². The largest absolute Gasteiger partial charge is 0.481 e. The number of Topliss-reactive ketones (excluding diaryl/α,β-unsaturated/α-hetero) is 1. The molecule has 7 heteroatoms. The number of fused-ring (bicyclic) bond motifs is 1. The van der Waals surface area contributed by atoms with Gasteiger partial charge in [0.15, 0.2) is 0 Å². The number of rotatable bonds is 5. The average Bonchev–Trinajstić information content (AvgIpc) is 2.79. The maximum Gasteiger partial charge on any atom is 0.323 e. The zero-order valence-corrected chi connectivity index (χ0v) is 20.3.